The quantitative estimate of drug-likeness (QED) is 0.847. The third kappa shape index (κ3) is 4.20. The van der Waals surface area contributed by atoms with E-state index < -0.39 is 15.6 Å². The van der Waals surface area contributed by atoms with E-state index in [-0.39, 0.29) is 10.8 Å². The molecule has 1 aromatic heterocycles. The molecule has 1 aromatic rings. The van der Waals surface area contributed by atoms with Crippen molar-refractivity contribution in [1.29, 1.82) is 0 Å². The van der Waals surface area contributed by atoms with Crippen LogP contribution in [0.15, 0.2) is 16.3 Å². The minimum atomic E-state index is -3.55. The normalized spacial score (nSPS) is 15.9. The van der Waals surface area contributed by atoms with Crippen LogP contribution in [0.25, 0.3) is 0 Å². The Hall–Kier alpha value is -0.140. The number of nitrogens with two attached hydrogens (primary N) is 1. The molecular formula is C11H19ClN2O2S2. The summed E-state index contributed by atoms with van der Waals surface area (Å²) in [6.07, 6.45) is 0.682. The van der Waals surface area contributed by atoms with E-state index >= 15 is 0 Å². The van der Waals surface area contributed by atoms with Crippen LogP contribution in [-0.2, 0) is 10.0 Å². The summed E-state index contributed by atoms with van der Waals surface area (Å²) in [7, 11) is -3.55. The number of thiophene rings is 1. The fraction of sp³-hybridized carbons (Fsp3) is 0.636. The summed E-state index contributed by atoms with van der Waals surface area (Å²) < 4.78 is 27.7. The first-order valence-corrected chi connectivity index (χ1v) is 8.36. The molecule has 3 N–H and O–H groups in total. The van der Waals surface area contributed by atoms with E-state index in [1.54, 1.807) is 6.07 Å². The summed E-state index contributed by atoms with van der Waals surface area (Å²) in [5.74, 6) is 0.355. The van der Waals surface area contributed by atoms with Gasteiger partial charge in [0.25, 0.3) is 10.0 Å². The van der Waals surface area contributed by atoms with Crippen LogP contribution < -0.4 is 10.5 Å². The Balaban J connectivity index is 2.94. The van der Waals surface area contributed by atoms with Crippen molar-refractivity contribution in [3.63, 3.8) is 0 Å². The SMILES string of the molecule is CC(C)CC(C)(CN)NS(=O)(=O)c1ccc(Cl)s1. The van der Waals surface area contributed by atoms with Crippen LogP contribution in [0.4, 0.5) is 0 Å². The molecule has 1 rings (SSSR count). The number of halogens is 1. The standard InChI is InChI=1S/C11H19ClN2O2S2/c1-8(2)6-11(3,7-13)14-18(15,16)10-5-4-9(12)17-10/h4-5,8,14H,6-7,13H2,1-3H3. The molecule has 0 radical (unpaired) electrons. The molecule has 1 atom stereocenters. The van der Waals surface area contributed by atoms with E-state index in [1.165, 1.54) is 6.07 Å². The highest BCUT2D eigenvalue weighted by Crippen LogP contribution is 2.27. The van der Waals surface area contributed by atoms with Crippen LogP contribution >= 0.6 is 22.9 Å². The van der Waals surface area contributed by atoms with E-state index in [1.807, 2.05) is 20.8 Å². The summed E-state index contributed by atoms with van der Waals surface area (Å²) in [4.78, 5) is 0. The van der Waals surface area contributed by atoms with Gasteiger partial charge in [0.2, 0.25) is 0 Å². The lowest BCUT2D eigenvalue weighted by molar-refractivity contribution is 0.345. The second-order valence-corrected chi connectivity index (χ2v) is 8.65. The molecule has 0 aliphatic carbocycles. The van der Waals surface area contributed by atoms with Gasteiger partial charge in [-0.1, -0.05) is 25.4 Å². The van der Waals surface area contributed by atoms with Crippen molar-refractivity contribution in [2.45, 2.75) is 36.9 Å². The Kier molecular flexibility index (Phi) is 5.20. The third-order valence-corrected chi connectivity index (χ3v) is 5.86. The van der Waals surface area contributed by atoms with Crippen LogP contribution in [0, 0.1) is 5.92 Å². The van der Waals surface area contributed by atoms with Gasteiger partial charge in [-0.2, -0.15) is 0 Å². The van der Waals surface area contributed by atoms with Crippen LogP contribution in [0.5, 0.6) is 0 Å². The second kappa shape index (κ2) is 5.88. The fourth-order valence-electron chi connectivity index (χ4n) is 1.88. The van der Waals surface area contributed by atoms with Crippen molar-refractivity contribution < 1.29 is 8.42 Å². The van der Waals surface area contributed by atoms with E-state index in [2.05, 4.69) is 4.72 Å². The van der Waals surface area contributed by atoms with Gasteiger partial charge in [0, 0.05) is 12.1 Å². The van der Waals surface area contributed by atoms with Crippen molar-refractivity contribution in [1.82, 2.24) is 4.72 Å². The maximum Gasteiger partial charge on any atom is 0.250 e. The number of hydrogen-bond acceptors (Lipinski definition) is 4. The molecule has 0 fully saturated rings. The van der Waals surface area contributed by atoms with Crippen LogP contribution in [-0.4, -0.2) is 20.5 Å². The maximum atomic E-state index is 12.2. The van der Waals surface area contributed by atoms with Crippen molar-refractivity contribution >= 4 is 33.0 Å². The van der Waals surface area contributed by atoms with E-state index in [0.717, 1.165) is 11.3 Å². The molecule has 0 saturated heterocycles. The second-order valence-electron chi connectivity index (χ2n) is 5.03. The summed E-state index contributed by atoms with van der Waals surface area (Å²) in [5.41, 5.74) is 5.06. The smallest absolute Gasteiger partial charge is 0.250 e. The van der Waals surface area contributed by atoms with Gasteiger partial charge >= 0.3 is 0 Å². The molecule has 0 amide bonds. The molecule has 0 spiro atoms. The molecule has 0 saturated carbocycles. The topological polar surface area (TPSA) is 72.2 Å². The highest BCUT2D eigenvalue weighted by atomic mass is 35.5. The Morgan fingerprint density at radius 1 is 1.50 bits per heavy atom. The zero-order chi connectivity index (χ0) is 14.0. The summed E-state index contributed by atoms with van der Waals surface area (Å²) in [6, 6.07) is 3.07. The van der Waals surface area contributed by atoms with E-state index in [9.17, 15) is 8.42 Å². The van der Waals surface area contributed by atoms with Gasteiger partial charge in [0.1, 0.15) is 4.21 Å². The number of rotatable bonds is 6. The van der Waals surface area contributed by atoms with Gasteiger partial charge in [0.05, 0.1) is 4.34 Å². The van der Waals surface area contributed by atoms with Crippen LogP contribution in [0.2, 0.25) is 4.34 Å². The average Bonchev–Trinajstić information content (AvgIpc) is 2.63. The predicted octanol–water partition coefficient (Wildman–Crippen LogP) is 2.44. The molecule has 1 heterocycles. The number of nitrogens with one attached hydrogen (secondary N) is 1. The maximum absolute atomic E-state index is 12.2. The van der Waals surface area contributed by atoms with Gasteiger partial charge in [-0.3, -0.25) is 0 Å². The van der Waals surface area contributed by atoms with E-state index in [0.29, 0.717) is 16.7 Å². The van der Waals surface area contributed by atoms with Gasteiger partial charge < -0.3 is 5.73 Å². The minimum absolute atomic E-state index is 0.218. The van der Waals surface area contributed by atoms with Gasteiger partial charge in [-0.05, 0) is 31.4 Å². The molecule has 18 heavy (non-hydrogen) atoms. The lowest BCUT2D eigenvalue weighted by atomic mass is 9.92. The van der Waals surface area contributed by atoms with Gasteiger partial charge in [-0.15, -0.1) is 11.3 Å². The molecule has 0 bridgehead atoms. The zero-order valence-electron chi connectivity index (χ0n) is 10.7. The molecule has 7 heteroatoms. The summed E-state index contributed by atoms with van der Waals surface area (Å²) in [5, 5.41) is 0. The fourth-order valence-corrected chi connectivity index (χ4v) is 4.79. The Morgan fingerprint density at radius 3 is 2.50 bits per heavy atom. The number of sulfonamides is 1. The molecule has 104 valence electrons. The molecule has 0 aromatic carbocycles. The highest BCUT2D eigenvalue weighted by Gasteiger charge is 2.30. The van der Waals surface area contributed by atoms with Crippen molar-refractivity contribution in [2.24, 2.45) is 11.7 Å². The molecule has 0 aliphatic heterocycles. The highest BCUT2D eigenvalue weighted by molar-refractivity contribution is 7.91. The van der Waals surface area contributed by atoms with Crippen LogP contribution in [0.1, 0.15) is 27.2 Å². The minimum Gasteiger partial charge on any atom is -0.329 e. The lowest BCUT2D eigenvalue weighted by Gasteiger charge is -2.30. The predicted molar refractivity (Wildman–Crippen MR) is 76.6 cm³/mol. The molecule has 4 nitrogen and oxygen atoms in total. The number of hydrogen-bond donors (Lipinski definition) is 2. The largest absolute Gasteiger partial charge is 0.329 e. The zero-order valence-corrected chi connectivity index (χ0v) is 13.1. The Morgan fingerprint density at radius 2 is 2.11 bits per heavy atom. The van der Waals surface area contributed by atoms with Crippen molar-refractivity contribution in [3.8, 4) is 0 Å². The molecular weight excluding hydrogens is 292 g/mol. The van der Waals surface area contributed by atoms with Crippen LogP contribution in [0.3, 0.4) is 0 Å². The van der Waals surface area contributed by atoms with Gasteiger partial charge in [-0.25, -0.2) is 13.1 Å². The van der Waals surface area contributed by atoms with E-state index in [4.69, 9.17) is 17.3 Å². The monoisotopic (exact) mass is 310 g/mol. The Bertz CT molecular complexity index is 499. The van der Waals surface area contributed by atoms with Gasteiger partial charge in [0.15, 0.2) is 0 Å². The molecule has 0 aliphatic rings. The summed E-state index contributed by atoms with van der Waals surface area (Å²) in [6.45, 7) is 6.14. The first-order valence-electron chi connectivity index (χ1n) is 5.68. The lowest BCUT2D eigenvalue weighted by Crippen LogP contribution is -2.51. The summed E-state index contributed by atoms with van der Waals surface area (Å²) >= 11 is 6.80. The molecule has 1 unspecified atom stereocenters. The van der Waals surface area contributed by atoms with Crippen molar-refractivity contribution in [2.75, 3.05) is 6.54 Å². The first kappa shape index (κ1) is 15.9. The van der Waals surface area contributed by atoms with Crippen molar-refractivity contribution in [3.05, 3.63) is 16.5 Å². The Labute approximate surface area is 118 Å². The third-order valence-electron chi connectivity index (χ3n) is 2.50. The first-order chi connectivity index (χ1) is 8.18. The average molecular weight is 311 g/mol.